The molecule has 1 rings (SSSR count). The molecule has 1 aromatic rings. The maximum Gasteiger partial charge on any atom is 0.407 e. The number of carbonyl (C=O) groups is 1. The second kappa shape index (κ2) is 7.09. The molecule has 1 heterocycles. The minimum Gasteiger partial charge on any atom is -0.444 e. The molecule has 0 fully saturated rings. The summed E-state index contributed by atoms with van der Waals surface area (Å²) < 4.78 is 7.01. The molecule has 126 valence electrons. The highest BCUT2D eigenvalue weighted by Gasteiger charge is 2.29. The van der Waals surface area contributed by atoms with Crippen molar-refractivity contribution in [2.75, 3.05) is 6.54 Å². The molecule has 0 aliphatic carbocycles. The van der Waals surface area contributed by atoms with Crippen LogP contribution in [0.1, 0.15) is 47.2 Å². The van der Waals surface area contributed by atoms with Crippen molar-refractivity contribution in [1.82, 2.24) is 25.6 Å². The van der Waals surface area contributed by atoms with Gasteiger partial charge in [-0.25, -0.2) is 4.79 Å². The van der Waals surface area contributed by atoms with Crippen LogP contribution in [0.4, 0.5) is 4.79 Å². The number of alkyl carbamates (subject to hydrolysis) is 1. The van der Waals surface area contributed by atoms with Gasteiger partial charge in [0.25, 0.3) is 0 Å². The molecule has 0 aliphatic heterocycles. The molecule has 0 bridgehead atoms. The third-order valence-electron chi connectivity index (χ3n) is 3.75. The zero-order valence-corrected chi connectivity index (χ0v) is 14.7. The van der Waals surface area contributed by atoms with E-state index in [2.05, 4.69) is 41.7 Å². The largest absolute Gasteiger partial charge is 0.444 e. The van der Waals surface area contributed by atoms with Crippen LogP contribution in [-0.2, 0) is 18.3 Å². The van der Waals surface area contributed by atoms with Crippen LogP contribution in [0.3, 0.4) is 0 Å². The Labute approximate surface area is 132 Å². The first-order valence-corrected chi connectivity index (χ1v) is 7.59. The predicted molar refractivity (Wildman–Crippen MR) is 85.3 cm³/mol. The number of ether oxygens (including phenoxy) is 1. The summed E-state index contributed by atoms with van der Waals surface area (Å²) in [5.41, 5.74) is 0.233. The van der Waals surface area contributed by atoms with Gasteiger partial charge < -0.3 is 15.4 Å². The van der Waals surface area contributed by atoms with Crippen LogP contribution in [0.5, 0.6) is 0 Å². The average Bonchev–Trinajstić information content (AvgIpc) is 2.77. The van der Waals surface area contributed by atoms with Gasteiger partial charge in [0, 0.05) is 25.7 Å². The van der Waals surface area contributed by atoms with Crippen LogP contribution in [0.25, 0.3) is 0 Å². The van der Waals surface area contributed by atoms with Gasteiger partial charge in [0.2, 0.25) is 0 Å². The molecule has 1 atom stereocenters. The van der Waals surface area contributed by atoms with Gasteiger partial charge in [-0.3, -0.25) is 4.68 Å². The maximum atomic E-state index is 11.8. The van der Waals surface area contributed by atoms with Crippen LogP contribution in [-0.4, -0.2) is 38.8 Å². The lowest BCUT2D eigenvalue weighted by atomic mass is 9.88. The molecule has 0 aliphatic rings. The van der Waals surface area contributed by atoms with E-state index in [9.17, 15) is 4.79 Å². The standard InChI is InChI=1S/C15H29N5O2/c1-11(2)15(6,10-16-13(21)22-14(3,4)5)17-8-12-9-18-19-20(12)7/h9,11,17H,8,10H2,1-7H3,(H,16,21). The van der Waals surface area contributed by atoms with Crippen LogP contribution in [0, 0.1) is 5.92 Å². The van der Waals surface area contributed by atoms with Crippen LogP contribution in [0.15, 0.2) is 6.20 Å². The van der Waals surface area contributed by atoms with E-state index >= 15 is 0 Å². The lowest BCUT2D eigenvalue weighted by Gasteiger charge is -2.35. The molecule has 1 amide bonds. The summed E-state index contributed by atoms with van der Waals surface area (Å²) in [6, 6.07) is 0. The summed E-state index contributed by atoms with van der Waals surface area (Å²) in [5.74, 6) is 0.323. The molecule has 0 aromatic carbocycles. The number of aromatic nitrogens is 3. The lowest BCUT2D eigenvalue weighted by molar-refractivity contribution is 0.0503. The molecule has 0 saturated carbocycles. The summed E-state index contributed by atoms with van der Waals surface area (Å²) >= 11 is 0. The Morgan fingerprint density at radius 3 is 2.45 bits per heavy atom. The Bertz CT molecular complexity index is 492. The monoisotopic (exact) mass is 311 g/mol. The van der Waals surface area contributed by atoms with Crippen LogP contribution >= 0.6 is 0 Å². The topological polar surface area (TPSA) is 81.1 Å². The van der Waals surface area contributed by atoms with Gasteiger partial charge in [-0.15, -0.1) is 5.10 Å². The van der Waals surface area contributed by atoms with Crippen molar-refractivity contribution in [2.24, 2.45) is 13.0 Å². The zero-order chi connectivity index (χ0) is 17.0. The molecule has 0 spiro atoms. The van der Waals surface area contributed by atoms with E-state index < -0.39 is 11.7 Å². The highest BCUT2D eigenvalue weighted by molar-refractivity contribution is 5.67. The first kappa shape index (κ1) is 18.4. The molecular weight excluding hydrogens is 282 g/mol. The summed E-state index contributed by atoms with van der Waals surface area (Å²) in [4.78, 5) is 11.8. The Morgan fingerprint density at radius 2 is 2.00 bits per heavy atom. The molecular formula is C15H29N5O2. The van der Waals surface area contributed by atoms with Gasteiger partial charge in [-0.05, 0) is 33.6 Å². The number of hydrogen-bond acceptors (Lipinski definition) is 5. The van der Waals surface area contributed by atoms with Crippen molar-refractivity contribution in [3.8, 4) is 0 Å². The fraction of sp³-hybridized carbons (Fsp3) is 0.800. The van der Waals surface area contributed by atoms with E-state index in [1.54, 1.807) is 10.9 Å². The number of nitrogens with one attached hydrogen (secondary N) is 2. The lowest BCUT2D eigenvalue weighted by Crippen LogP contribution is -2.55. The van der Waals surface area contributed by atoms with Crippen LogP contribution in [0.2, 0.25) is 0 Å². The van der Waals surface area contributed by atoms with E-state index in [0.29, 0.717) is 19.0 Å². The van der Waals surface area contributed by atoms with Crippen molar-refractivity contribution in [3.05, 3.63) is 11.9 Å². The maximum absolute atomic E-state index is 11.8. The number of amides is 1. The van der Waals surface area contributed by atoms with Crippen LogP contribution < -0.4 is 10.6 Å². The highest BCUT2D eigenvalue weighted by Crippen LogP contribution is 2.17. The number of nitrogens with zero attached hydrogens (tertiary/aromatic N) is 3. The molecule has 1 unspecified atom stereocenters. The summed E-state index contributed by atoms with van der Waals surface area (Å²) in [6.45, 7) is 13.0. The Hall–Kier alpha value is -1.63. The normalized spacial score (nSPS) is 14.7. The fourth-order valence-corrected chi connectivity index (χ4v) is 1.80. The number of carbonyl (C=O) groups excluding carboxylic acids is 1. The van der Waals surface area contributed by atoms with Crippen molar-refractivity contribution in [2.45, 2.75) is 59.2 Å². The van der Waals surface area contributed by atoms with E-state index in [4.69, 9.17) is 4.74 Å². The number of hydrogen-bond donors (Lipinski definition) is 2. The third kappa shape index (κ3) is 5.63. The Kier molecular flexibility index (Phi) is 5.93. The summed E-state index contributed by atoms with van der Waals surface area (Å²) in [5, 5.41) is 14.1. The summed E-state index contributed by atoms with van der Waals surface area (Å²) in [7, 11) is 1.86. The minimum atomic E-state index is -0.494. The molecule has 1 aromatic heterocycles. The molecule has 0 saturated heterocycles. The first-order chi connectivity index (χ1) is 10.0. The molecule has 7 nitrogen and oxygen atoms in total. The summed E-state index contributed by atoms with van der Waals surface area (Å²) in [6.07, 6.45) is 1.33. The van der Waals surface area contributed by atoms with Crippen molar-refractivity contribution in [1.29, 1.82) is 0 Å². The van der Waals surface area contributed by atoms with Gasteiger partial charge in [0.05, 0.1) is 11.9 Å². The number of aryl methyl sites for hydroxylation is 1. The predicted octanol–water partition coefficient (Wildman–Crippen LogP) is 1.84. The fourth-order valence-electron chi connectivity index (χ4n) is 1.80. The van der Waals surface area contributed by atoms with Gasteiger partial charge in [-0.2, -0.15) is 0 Å². The molecule has 0 radical (unpaired) electrons. The van der Waals surface area contributed by atoms with Gasteiger partial charge >= 0.3 is 6.09 Å². The second-order valence-corrected chi connectivity index (χ2v) is 7.13. The molecule has 22 heavy (non-hydrogen) atoms. The van der Waals surface area contributed by atoms with Gasteiger partial charge in [0.15, 0.2) is 0 Å². The van der Waals surface area contributed by atoms with Gasteiger partial charge in [-0.1, -0.05) is 19.1 Å². The van der Waals surface area contributed by atoms with E-state index in [1.807, 2.05) is 27.8 Å². The van der Waals surface area contributed by atoms with Crippen molar-refractivity contribution in [3.63, 3.8) is 0 Å². The SMILES string of the molecule is CC(C)C(C)(CNC(=O)OC(C)(C)C)NCc1cnnn1C. The Morgan fingerprint density at radius 1 is 1.36 bits per heavy atom. The zero-order valence-electron chi connectivity index (χ0n) is 14.7. The van der Waals surface area contributed by atoms with E-state index in [1.165, 1.54) is 0 Å². The van der Waals surface area contributed by atoms with Crippen molar-refractivity contribution >= 4 is 6.09 Å². The molecule has 7 heteroatoms. The second-order valence-electron chi connectivity index (χ2n) is 7.13. The highest BCUT2D eigenvalue weighted by atomic mass is 16.6. The average molecular weight is 311 g/mol. The van der Waals surface area contributed by atoms with E-state index in [-0.39, 0.29) is 5.54 Å². The first-order valence-electron chi connectivity index (χ1n) is 7.59. The van der Waals surface area contributed by atoms with E-state index in [0.717, 1.165) is 5.69 Å². The van der Waals surface area contributed by atoms with Crippen molar-refractivity contribution < 1.29 is 9.53 Å². The third-order valence-corrected chi connectivity index (χ3v) is 3.75. The smallest absolute Gasteiger partial charge is 0.407 e. The minimum absolute atomic E-state index is 0.263. The number of rotatable bonds is 6. The Balaban J connectivity index is 2.59. The van der Waals surface area contributed by atoms with Gasteiger partial charge in [0.1, 0.15) is 5.60 Å². The molecule has 2 N–H and O–H groups in total. The quantitative estimate of drug-likeness (QED) is 0.838.